The summed E-state index contributed by atoms with van der Waals surface area (Å²) in [5.74, 6) is 0. The Morgan fingerprint density at radius 1 is 0.964 bits per heavy atom. The Hall–Kier alpha value is -2.28. The van der Waals surface area contributed by atoms with E-state index in [1.807, 2.05) is 0 Å². The van der Waals surface area contributed by atoms with Crippen LogP contribution in [0.15, 0.2) is 66.9 Å². The monoisotopic (exact) mass is 392 g/mol. The molecule has 0 spiro atoms. The molecule has 1 saturated heterocycles. The summed E-state index contributed by atoms with van der Waals surface area (Å²) in [5.41, 5.74) is 0.952. The predicted octanol–water partition coefficient (Wildman–Crippen LogP) is 2.78. The number of rotatable bonds is 5. The Bertz CT molecular complexity index is 838. The third-order valence-corrected chi connectivity index (χ3v) is 10.7. The molecule has 0 saturated carbocycles. The van der Waals surface area contributed by atoms with Crippen LogP contribution in [0.25, 0.3) is 0 Å². The third kappa shape index (κ3) is 3.43. The first-order chi connectivity index (χ1) is 13.5. The van der Waals surface area contributed by atoms with Gasteiger partial charge in [-0.15, -0.1) is 0 Å². The highest BCUT2D eigenvalue weighted by Crippen LogP contribution is 2.39. The Morgan fingerprint density at radius 3 is 2.07 bits per heavy atom. The Kier molecular flexibility index (Phi) is 5.18. The second-order valence-electron chi connectivity index (χ2n) is 8.49. The van der Waals surface area contributed by atoms with Crippen LogP contribution in [0.1, 0.15) is 38.9 Å². The maximum Gasteiger partial charge on any atom is 0.261 e. The maximum absolute atomic E-state index is 7.18. The number of hydrogen-bond donors (Lipinski definition) is 2. The third-order valence-electron chi connectivity index (χ3n) is 5.64. The summed E-state index contributed by atoms with van der Waals surface area (Å²) >= 11 is 0. The first kappa shape index (κ1) is 19.1. The zero-order valence-corrected chi connectivity index (χ0v) is 17.7. The summed E-state index contributed by atoms with van der Waals surface area (Å²) in [5, 5.41) is 17.1. The van der Waals surface area contributed by atoms with E-state index in [4.69, 9.17) is 4.43 Å². The van der Waals surface area contributed by atoms with Gasteiger partial charge >= 0.3 is 0 Å². The molecule has 5 nitrogen and oxygen atoms in total. The SMILES string of the molecule is CC(C)(C)[Si](O[C@H]1CN[C@H](c2cn[nH]n2)C1)(c1ccccc1)c1ccccc1. The van der Waals surface area contributed by atoms with Crippen LogP contribution in [0, 0.1) is 0 Å². The van der Waals surface area contributed by atoms with Crippen molar-refractivity contribution in [1.82, 2.24) is 20.7 Å². The van der Waals surface area contributed by atoms with Gasteiger partial charge in [0.1, 0.15) is 0 Å². The lowest BCUT2D eigenvalue weighted by molar-refractivity contribution is 0.204. The number of aromatic nitrogens is 3. The highest BCUT2D eigenvalue weighted by molar-refractivity contribution is 6.99. The van der Waals surface area contributed by atoms with Crippen LogP contribution < -0.4 is 15.7 Å². The fourth-order valence-electron chi connectivity index (χ4n) is 4.34. The summed E-state index contributed by atoms with van der Waals surface area (Å²) in [4.78, 5) is 0. The molecule has 3 aromatic rings. The first-order valence-electron chi connectivity index (χ1n) is 9.88. The number of nitrogens with zero attached hydrogens (tertiary/aromatic N) is 2. The second-order valence-corrected chi connectivity index (χ2v) is 12.7. The van der Waals surface area contributed by atoms with Crippen molar-refractivity contribution in [3.05, 3.63) is 72.6 Å². The standard InChI is InChI=1S/C22H28N4OSi/c1-22(2,3)28(18-10-6-4-7-11-18,19-12-8-5-9-13-19)27-17-14-20(23-15-17)21-16-24-26-25-21/h4-13,16-17,20,23H,14-15H2,1-3H3,(H,24,25,26)/t17-,20+/m1/s1. The van der Waals surface area contributed by atoms with E-state index in [9.17, 15) is 0 Å². The predicted molar refractivity (Wildman–Crippen MR) is 114 cm³/mol. The van der Waals surface area contributed by atoms with E-state index in [1.165, 1.54) is 10.4 Å². The molecule has 0 aliphatic carbocycles. The van der Waals surface area contributed by atoms with Crippen LogP contribution in [0.2, 0.25) is 5.04 Å². The van der Waals surface area contributed by atoms with Gasteiger partial charge in [0, 0.05) is 6.54 Å². The first-order valence-corrected chi connectivity index (χ1v) is 11.8. The van der Waals surface area contributed by atoms with Crippen LogP contribution in [0.5, 0.6) is 0 Å². The molecule has 6 heteroatoms. The van der Waals surface area contributed by atoms with E-state index in [0.717, 1.165) is 18.7 Å². The molecule has 1 aromatic heterocycles. The number of hydrogen-bond acceptors (Lipinski definition) is 4. The van der Waals surface area contributed by atoms with Crippen molar-refractivity contribution < 1.29 is 4.43 Å². The maximum atomic E-state index is 7.18. The van der Waals surface area contributed by atoms with Crippen LogP contribution in [-0.2, 0) is 4.43 Å². The molecule has 0 amide bonds. The molecule has 0 bridgehead atoms. The number of aromatic amines is 1. The van der Waals surface area contributed by atoms with Gasteiger partial charge in [-0.05, 0) is 21.8 Å². The van der Waals surface area contributed by atoms with E-state index in [0.29, 0.717) is 0 Å². The van der Waals surface area contributed by atoms with Crippen molar-refractivity contribution in [3.8, 4) is 0 Å². The highest BCUT2D eigenvalue weighted by atomic mass is 28.4. The zero-order chi connectivity index (χ0) is 19.6. The minimum Gasteiger partial charge on any atom is -0.403 e. The lowest BCUT2D eigenvalue weighted by Crippen LogP contribution is -2.67. The molecule has 146 valence electrons. The second kappa shape index (κ2) is 7.62. The van der Waals surface area contributed by atoms with E-state index < -0.39 is 8.32 Å². The minimum absolute atomic E-state index is 0.0122. The van der Waals surface area contributed by atoms with E-state index in [1.54, 1.807) is 6.20 Å². The van der Waals surface area contributed by atoms with Crippen molar-refractivity contribution >= 4 is 18.7 Å². The molecule has 0 radical (unpaired) electrons. The summed E-state index contributed by atoms with van der Waals surface area (Å²) in [6.07, 6.45) is 2.83. The Morgan fingerprint density at radius 2 is 1.57 bits per heavy atom. The molecule has 1 aliphatic rings. The summed E-state index contributed by atoms with van der Waals surface area (Å²) < 4.78 is 7.18. The molecular formula is C22H28N4OSi. The lowest BCUT2D eigenvalue weighted by atomic mass is 10.1. The van der Waals surface area contributed by atoms with Crippen LogP contribution in [-0.4, -0.2) is 36.4 Å². The van der Waals surface area contributed by atoms with Gasteiger partial charge in [-0.1, -0.05) is 81.4 Å². The molecule has 2 aromatic carbocycles. The van der Waals surface area contributed by atoms with Gasteiger partial charge in [-0.2, -0.15) is 15.4 Å². The molecule has 28 heavy (non-hydrogen) atoms. The molecular weight excluding hydrogens is 364 g/mol. The summed E-state index contributed by atoms with van der Waals surface area (Å²) in [6, 6.07) is 21.8. The lowest BCUT2D eigenvalue weighted by Gasteiger charge is -2.44. The molecule has 2 heterocycles. The molecule has 0 unspecified atom stereocenters. The fourth-order valence-corrected chi connectivity index (χ4v) is 9.03. The van der Waals surface area contributed by atoms with Gasteiger partial charge in [-0.25, -0.2) is 0 Å². The molecule has 2 N–H and O–H groups in total. The van der Waals surface area contributed by atoms with Crippen molar-refractivity contribution in [2.45, 2.75) is 44.4 Å². The largest absolute Gasteiger partial charge is 0.403 e. The number of benzene rings is 2. The van der Waals surface area contributed by atoms with E-state index in [-0.39, 0.29) is 17.2 Å². The van der Waals surface area contributed by atoms with Crippen molar-refractivity contribution in [1.29, 1.82) is 0 Å². The Labute approximate surface area is 167 Å². The van der Waals surface area contributed by atoms with E-state index >= 15 is 0 Å². The van der Waals surface area contributed by atoms with Crippen LogP contribution in [0.3, 0.4) is 0 Å². The van der Waals surface area contributed by atoms with Crippen molar-refractivity contribution in [2.24, 2.45) is 0 Å². The molecule has 4 rings (SSSR count). The fraction of sp³-hybridized carbons (Fsp3) is 0.364. The van der Waals surface area contributed by atoms with Gasteiger partial charge in [0.15, 0.2) is 0 Å². The number of nitrogens with one attached hydrogen (secondary N) is 2. The average molecular weight is 393 g/mol. The van der Waals surface area contributed by atoms with Gasteiger partial charge < -0.3 is 9.74 Å². The molecule has 2 atom stereocenters. The minimum atomic E-state index is -2.51. The zero-order valence-electron chi connectivity index (χ0n) is 16.7. The van der Waals surface area contributed by atoms with Crippen molar-refractivity contribution in [2.75, 3.05) is 6.54 Å². The normalized spacial score (nSPS) is 20.4. The number of H-pyrrole nitrogens is 1. The smallest absolute Gasteiger partial charge is 0.261 e. The molecule has 1 aliphatic heterocycles. The quantitative estimate of drug-likeness (QED) is 0.656. The highest BCUT2D eigenvalue weighted by Gasteiger charge is 2.52. The van der Waals surface area contributed by atoms with Gasteiger partial charge in [0.2, 0.25) is 0 Å². The Balaban J connectivity index is 1.73. The van der Waals surface area contributed by atoms with Crippen LogP contribution >= 0.6 is 0 Å². The summed E-state index contributed by atoms with van der Waals surface area (Å²) in [6.45, 7) is 7.77. The summed E-state index contributed by atoms with van der Waals surface area (Å²) in [7, 11) is -2.51. The average Bonchev–Trinajstić information content (AvgIpc) is 3.38. The molecule has 1 fully saturated rings. The topological polar surface area (TPSA) is 62.8 Å². The van der Waals surface area contributed by atoms with E-state index in [2.05, 4.69) is 102 Å². The van der Waals surface area contributed by atoms with Crippen LogP contribution in [0.4, 0.5) is 0 Å². The van der Waals surface area contributed by atoms with Crippen molar-refractivity contribution in [3.63, 3.8) is 0 Å². The van der Waals surface area contributed by atoms with Gasteiger partial charge in [0.25, 0.3) is 8.32 Å². The van der Waals surface area contributed by atoms with Gasteiger partial charge in [0.05, 0.1) is 24.0 Å². The van der Waals surface area contributed by atoms with Gasteiger partial charge in [-0.3, -0.25) is 0 Å².